The van der Waals surface area contributed by atoms with E-state index in [4.69, 9.17) is 0 Å². The van der Waals surface area contributed by atoms with Crippen LogP contribution in [-0.4, -0.2) is 6.71 Å². The minimum absolute atomic E-state index is 0.243. The molecule has 0 unspecified atom stereocenters. The van der Waals surface area contributed by atoms with E-state index in [-0.39, 0.29) is 6.71 Å². The number of aryl methyl sites for hydroxylation is 3. The van der Waals surface area contributed by atoms with Crippen molar-refractivity contribution >= 4 is 34.9 Å². The quantitative estimate of drug-likeness (QED) is 0.417. The van der Waals surface area contributed by atoms with Gasteiger partial charge in [-0.2, -0.15) is 0 Å². The third-order valence-electron chi connectivity index (χ3n) is 5.34. The molecule has 0 aliphatic rings. The molecule has 0 radical (unpaired) electrons. The van der Waals surface area contributed by atoms with Crippen LogP contribution in [0.3, 0.4) is 0 Å². The van der Waals surface area contributed by atoms with Crippen molar-refractivity contribution in [2.24, 2.45) is 0 Å². The van der Waals surface area contributed by atoms with Crippen molar-refractivity contribution < 1.29 is 0 Å². The van der Waals surface area contributed by atoms with Gasteiger partial charge >= 0.3 is 0 Å². The Morgan fingerprint density at radius 2 is 1.10 bits per heavy atom. The monoisotopic (exact) mass is 392 g/mol. The molecule has 0 aliphatic heterocycles. The third kappa shape index (κ3) is 4.66. The van der Waals surface area contributed by atoms with E-state index in [1.54, 1.807) is 11.8 Å². The van der Waals surface area contributed by atoms with Gasteiger partial charge in [-0.25, -0.2) is 0 Å². The molecule has 4 aromatic carbocycles. The summed E-state index contributed by atoms with van der Waals surface area (Å²) >= 11 is 1.81. The molecule has 0 fully saturated rings. The lowest BCUT2D eigenvalue weighted by Crippen LogP contribution is -2.52. The standard InChI is InChI=1S/C27H25BS/c1-20-9-12-23(13-10-20)28(27-18-11-21(2)19-22(27)3)24-14-16-26(17-15-24)29-25-7-5-4-6-8-25/h4-19H,1-3H3. The summed E-state index contributed by atoms with van der Waals surface area (Å²) in [5, 5.41) is 0. The second-order valence-electron chi connectivity index (χ2n) is 7.69. The highest BCUT2D eigenvalue weighted by molar-refractivity contribution is 7.99. The van der Waals surface area contributed by atoms with E-state index < -0.39 is 0 Å². The van der Waals surface area contributed by atoms with Crippen molar-refractivity contribution in [3.63, 3.8) is 0 Å². The molecule has 2 heteroatoms. The Morgan fingerprint density at radius 3 is 1.72 bits per heavy atom. The molecular weight excluding hydrogens is 367 g/mol. The number of hydrogen-bond donors (Lipinski definition) is 0. The maximum absolute atomic E-state index is 2.29. The topological polar surface area (TPSA) is 0 Å². The Kier molecular flexibility index (Phi) is 5.92. The zero-order valence-electron chi connectivity index (χ0n) is 17.2. The Labute approximate surface area is 179 Å². The average molecular weight is 392 g/mol. The van der Waals surface area contributed by atoms with E-state index in [2.05, 4.69) is 118 Å². The molecule has 4 aromatic rings. The first-order valence-electron chi connectivity index (χ1n) is 10.1. The highest BCUT2D eigenvalue weighted by Gasteiger charge is 2.23. The van der Waals surface area contributed by atoms with Crippen molar-refractivity contribution in [2.45, 2.75) is 30.6 Å². The summed E-state index contributed by atoms with van der Waals surface area (Å²) in [4.78, 5) is 2.54. The van der Waals surface area contributed by atoms with Gasteiger partial charge in [0.2, 0.25) is 6.71 Å². The maximum atomic E-state index is 2.29. The van der Waals surface area contributed by atoms with Crippen molar-refractivity contribution in [1.29, 1.82) is 0 Å². The molecule has 0 spiro atoms. The van der Waals surface area contributed by atoms with Crippen LogP contribution in [-0.2, 0) is 0 Å². The fourth-order valence-electron chi connectivity index (χ4n) is 3.81. The minimum Gasteiger partial charge on any atom is -0.0901 e. The van der Waals surface area contributed by atoms with E-state index >= 15 is 0 Å². The van der Waals surface area contributed by atoms with Crippen molar-refractivity contribution in [1.82, 2.24) is 0 Å². The van der Waals surface area contributed by atoms with E-state index in [0.29, 0.717) is 0 Å². The van der Waals surface area contributed by atoms with Crippen molar-refractivity contribution in [3.05, 3.63) is 114 Å². The highest BCUT2D eigenvalue weighted by Crippen LogP contribution is 2.26. The Morgan fingerprint density at radius 1 is 0.552 bits per heavy atom. The van der Waals surface area contributed by atoms with E-state index in [9.17, 15) is 0 Å². The van der Waals surface area contributed by atoms with Crippen LogP contribution in [0.25, 0.3) is 0 Å². The molecule has 0 nitrogen and oxygen atoms in total. The second kappa shape index (κ2) is 8.76. The predicted molar refractivity (Wildman–Crippen MR) is 129 cm³/mol. The zero-order chi connectivity index (χ0) is 20.2. The van der Waals surface area contributed by atoms with Crippen LogP contribution in [0.4, 0.5) is 0 Å². The highest BCUT2D eigenvalue weighted by atomic mass is 32.2. The molecule has 0 amide bonds. The minimum atomic E-state index is 0.243. The van der Waals surface area contributed by atoms with Crippen molar-refractivity contribution in [3.8, 4) is 0 Å². The van der Waals surface area contributed by atoms with Gasteiger partial charge in [-0.3, -0.25) is 0 Å². The molecule has 0 saturated heterocycles. The van der Waals surface area contributed by atoms with Gasteiger partial charge < -0.3 is 0 Å². The van der Waals surface area contributed by atoms with Crippen LogP contribution in [0, 0.1) is 20.8 Å². The summed E-state index contributed by atoms with van der Waals surface area (Å²) in [6, 6.07) is 35.4. The predicted octanol–water partition coefficient (Wildman–Crippen LogP) is 5.28. The van der Waals surface area contributed by atoms with E-state index in [1.807, 2.05) is 0 Å². The van der Waals surface area contributed by atoms with Gasteiger partial charge in [0, 0.05) is 9.79 Å². The van der Waals surface area contributed by atoms with Crippen LogP contribution in [0.2, 0.25) is 0 Å². The number of benzene rings is 4. The lowest BCUT2D eigenvalue weighted by Gasteiger charge is -2.19. The van der Waals surface area contributed by atoms with Crippen LogP contribution in [0.1, 0.15) is 16.7 Å². The summed E-state index contributed by atoms with van der Waals surface area (Å²) in [6.07, 6.45) is 0. The van der Waals surface area contributed by atoms with Crippen LogP contribution < -0.4 is 16.4 Å². The zero-order valence-corrected chi connectivity index (χ0v) is 18.0. The molecule has 4 rings (SSSR count). The van der Waals surface area contributed by atoms with Crippen molar-refractivity contribution in [2.75, 3.05) is 0 Å². The van der Waals surface area contributed by atoms with Gasteiger partial charge in [0.15, 0.2) is 0 Å². The third-order valence-corrected chi connectivity index (χ3v) is 6.36. The summed E-state index contributed by atoms with van der Waals surface area (Å²) in [6.45, 7) is 6.77. The molecule has 0 aromatic heterocycles. The fraction of sp³-hybridized carbons (Fsp3) is 0.111. The second-order valence-corrected chi connectivity index (χ2v) is 8.83. The lowest BCUT2D eigenvalue weighted by atomic mass is 9.36. The summed E-state index contributed by atoms with van der Waals surface area (Å²) in [5.74, 6) is 0. The van der Waals surface area contributed by atoms with Crippen LogP contribution in [0.5, 0.6) is 0 Å². The lowest BCUT2D eigenvalue weighted by molar-refractivity contribution is 1.40. The molecule has 0 atom stereocenters. The van der Waals surface area contributed by atoms with Gasteiger partial charge in [0.1, 0.15) is 0 Å². The molecule has 0 bridgehead atoms. The summed E-state index contributed by atoms with van der Waals surface area (Å²) in [7, 11) is 0. The molecule has 142 valence electrons. The van der Waals surface area contributed by atoms with Crippen LogP contribution in [0.15, 0.2) is 107 Å². The molecule has 0 aliphatic carbocycles. The largest absolute Gasteiger partial charge is 0.241 e. The van der Waals surface area contributed by atoms with Gasteiger partial charge in [-0.1, -0.05) is 118 Å². The van der Waals surface area contributed by atoms with E-state index in [1.165, 1.54) is 42.9 Å². The summed E-state index contributed by atoms with van der Waals surface area (Å²) in [5.41, 5.74) is 8.00. The Hall–Kier alpha value is -2.71. The molecule has 0 N–H and O–H groups in total. The van der Waals surface area contributed by atoms with Gasteiger partial charge in [-0.15, -0.1) is 0 Å². The number of hydrogen-bond acceptors (Lipinski definition) is 1. The fourth-order valence-corrected chi connectivity index (χ4v) is 4.65. The first-order chi connectivity index (χ1) is 14.1. The van der Waals surface area contributed by atoms with Gasteiger partial charge in [-0.05, 0) is 45.0 Å². The van der Waals surface area contributed by atoms with Gasteiger partial charge in [0.05, 0.1) is 0 Å². The first-order valence-corrected chi connectivity index (χ1v) is 10.9. The normalized spacial score (nSPS) is 10.7. The summed E-state index contributed by atoms with van der Waals surface area (Å²) < 4.78 is 0. The smallest absolute Gasteiger partial charge is 0.0901 e. The number of rotatable bonds is 5. The molecule has 29 heavy (non-hydrogen) atoms. The maximum Gasteiger partial charge on any atom is 0.241 e. The Balaban J connectivity index is 1.72. The van der Waals surface area contributed by atoms with Crippen LogP contribution >= 0.6 is 11.8 Å². The molecule has 0 heterocycles. The SMILES string of the molecule is Cc1ccc(B(c2ccc(Sc3ccccc3)cc2)c2ccc(C)cc2C)cc1. The first kappa shape index (κ1) is 19.6. The van der Waals surface area contributed by atoms with Gasteiger partial charge in [0.25, 0.3) is 0 Å². The Bertz CT molecular complexity index is 1080. The van der Waals surface area contributed by atoms with E-state index in [0.717, 1.165) is 0 Å². The molecular formula is C27H25BS. The molecule has 0 saturated carbocycles. The average Bonchev–Trinajstić information content (AvgIpc) is 2.73.